The first-order valence-corrected chi connectivity index (χ1v) is 4.40. The van der Waals surface area contributed by atoms with Crippen LogP contribution in [0.1, 0.15) is 6.42 Å². The van der Waals surface area contributed by atoms with E-state index in [1.165, 1.54) is 7.11 Å². The van der Waals surface area contributed by atoms with Crippen molar-refractivity contribution in [3.05, 3.63) is 0 Å². The number of rotatable bonds is 1. The highest BCUT2D eigenvalue weighted by Crippen LogP contribution is 2.26. The third-order valence-corrected chi connectivity index (χ3v) is 2.71. The maximum atomic E-state index is 10.6. The van der Waals surface area contributed by atoms with Gasteiger partial charge in [0.25, 0.3) is 0 Å². The third kappa shape index (κ3) is 2.27. The van der Waals surface area contributed by atoms with E-state index in [9.17, 15) is 4.79 Å². The maximum Gasteiger partial charge on any atom is 0.509 e. The summed E-state index contributed by atoms with van der Waals surface area (Å²) in [5, 5.41) is 0. The third-order valence-electron chi connectivity index (χ3n) is 1.46. The first kappa shape index (κ1) is 8.67. The molecule has 2 atom stereocenters. The van der Waals surface area contributed by atoms with Gasteiger partial charge >= 0.3 is 6.16 Å². The van der Waals surface area contributed by atoms with Gasteiger partial charge in [0.15, 0.2) is 5.44 Å². The minimum absolute atomic E-state index is 0.0425. The Morgan fingerprint density at radius 2 is 2.45 bits per heavy atom. The zero-order chi connectivity index (χ0) is 8.27. The Balaban J connectivity index is 2.30. The molecule has 0 radical (unpaired) electrons. The molecule has 2 unspecified atom stereocenters. The van der Waals surface area contributed by atoms with Gasteiger partial charge in [-0.25, -0.2) is 4.79 Å². The summed E-state index contributed by atoms with van der Waals surface area (Å²) in [6.07, 6.45) is 0.242. The van der Waals surface area contributed by atoms with Crippen molar-refractivity contribution in [1.82, 2.24) is 0 Å². The lowest BCUT2D eigenvalue weighted by atomic mass is 10.3. The van der Waals surface area contributed by atoms with E-state index < -0.39 is 6.16 Å². The summed E-state index contributed by atoms with van der Waals surface area (Å²) in [6, 6.07) is -0.0425. The van der Waals surface area contributed by atoms with E-state index in [4.69, 9.17) is 10.5 Å². The van der Waals surface area contributed by atoms with Crippen molar-refractivity contribution in [2.75, 3.05) is 12.9 Å². The smallest absolute Gasteiger partial charge is 0.438 e. The molecule has 1 aliphatic heterocycles. The maximum absolute atomic E-state index is 10.6. The van der Waals surface area contributed by atoms with E-state index >= 15 is 0 Å². The highest BCUT2D eigenvalue weighted by Gasteiger charge is 2.28. The average molecular weight is 177 g/mol. The zero-order valence-electron chi connectivity index (χ0n) is 6.28. The van der Waals surface area contributed by atoms with Gasteiger partial charge in [-0.1, -0.05) is 0 Å². The quantitative estimate of drug-likeness (QED) is 0.593. The van der Waals surface area contributed by atoms with Gasteiger partial charge in [-0.2, -0.15) is 0 Å². The molecule has 0 aliphatic carbocycles. The molecular formula is C6H11NO3S. The Labute approximate surface area is 69.4 Å². The highest BCUT2D eigenvalue weighted by molar-refractivity contribution is 8.00. The van der Waals surface area contributed by atoms with Crippen molar-refractivity contribution in [3.8, 4) is 0 Å². The van der Waals surface area contributed by atoms with Crippen molar-refractivity contribution in [2.45, 2.75) is 17.9 Å². The van der Waals surface area contributed by atoms with Gasteiger partial charge in [-0.15, -0.1) is 11.8 Å². The molecule has 1 heterocycles. The molecule has 1 fully saturated rings. The van der Waals surface area contributed by atoms with Crippen LogP contribution in [0.25, 0.3) is 0 Å². The van der Waals surface area contributed by atoms with Crippen LogP contribution in [0, 0.1) is 0 Å². The lowest BCUT2D eigenvalue weighted by Crippen LogP contribution is -2.31. The van der Waals surface area contributed by atoms with Crippen LogP contribution in [0.2, 0.25) is 0 Å². The summed E-state index contributed by atoms with van der Waals surface area (Å²) in [7, 11) is 1.29. The molecule has 11 heavy (non-hydrogen) atoms. The number of thioether (sulfide) groups is 1. The van der Waals surface area contributed by atoms with Crippen LogP contribution in [0.4, 0.5) is 4.79 Å². The molecule has 64 valence electrons. The first-order valence-electron chi connectivity index (χ1n) is 3.36. The topological polar surface area (TPSA) is 61.5 Å². The summed E-state index contributed by atoms with van der Waals surface area (Å²) in [6.45, 7) is 0. The van der Waals surface area contributed by atoms with Gasteiger partial charge in [-0.05, 0) is 12.2 Å². The first-order chi connectivity index (χ1) is 5.24. The number of nitrogens with two attached hydrogens (primary N) is 1. The van der Waals surface area contributed by atoms with Crippen LogP contribution in [0.3, 0.4) is 0 Å². The van der Waals surface area contributed by atoms with Gasteiger partial charge in [0.1, 0.15) is 0 Å². The summed E-state index contributed by atoms with van der Waals surface area (Å²) in [5.74, 6) is 0.947. The van der Waals surface area contributed by atoms with E-state index in [2.05, 4.69) is 4.74 Å². The van der Waals surface area contributed by atoms with Crippen molar-refractivity contribution in [2.24, 2.45) is 5.73 Å². The van der Waals surface area contributed by atoms with Gasteiger partial charge in [-0.3, -0.25) is 0 Å². The molecular weight excluding hydrogens is 166 g/mol. The molecule has 0 spiro atoms. The minimum atomic E-state index is -0.653. The van der Waals surface area contributed by atoms with Crippen LogP contribution >= 0.6 is 11.8 Å². The summed E-state index contributed by atoms with van der Waals surface area (Å²) in [4.78, 5) is 10.6. The fourth-order valence-corrected chi connectivity index (χ4v) is 2.01. The van der Waals surface area contributed by atoms with Crippen LogP contribution in [0.5, 0.6) is 0 Å². The normalized spacial score (nSPS) is 30.0. The molecule has 0 aromatic rings. The lowest BCUT2D eigenvalue weighted by Gasteiger charge is -2.13. The van der Waals surface area contributed by atoms with E-state index in [-0.39, 0.29) is 11.5 Å². The van der Waals surface area contributed by atoms with E-state index in [0.717, 1.165) is 12.2 Å². The van der Waals surface area contributed by atoms with Crippen molar-refractivity contribution >= 4 is 17.9 Å². The lowest BCUT2D eigenvalue weighted by molar-refractivity contribution is 0.0593. The minimum Gasteiger partial charge on any atom is -0.438 e. The molecule has 1 saturated heterocycles. The van der Waals surface area contributed by atoms with Gasteiger partial charge in [0, 0.05) is 0 Å². The molecule has 0 aromatic heterocycles. The Morgan fingerprint density at radius 3 is 2.91 bits per heavy atom. The molecule has 1 aliphatic rings. The molecule has 2 N–H and O–H groups in total. The largest absolute Gasteiger partial charge is 0.509 e. The highest BCUT2D eigenvalue weighted by atomic mass is 32.2. The fraction of sp³-hybridized carbons (Fsp3) is 0.833. The van der Waals surface area contributed by atoms with Crippen LogP contribution in [-0.2, 0) is 9.47 Å². The zero-order valence-corrected chi connectivity index (χ0v) is 7.10. The fourth-order valence-electron chi connectivity index (χ4n) is 0.844. The molecule has 0 bridgehead atoms. The Morgan fingerprint density at radius 1 is 1.73 bits per heavy atom. The number of ether oxygens (including phenoxy) is 2. The van der Waals surface area contributed by atoms with Crippen molar-refractivity contribution in [3.63, 3.8) is 0 Å². The van der Waals surface area contributed by atoms with Crippen LogP contribution in [-0.4, -0.2) is 30.5 Å². The Bertz CT molecular complexity index is 153. The number of carbonyl (C=O) groups excluding carboxylic acids is 1. The molecule has 0 aromatic carbocycles. The molecule has 1 rings (SSSR count). The van der Waals surface area contributed by atoms with Gasteiger partial charge in [0.2, 0.25) is 0 Å². The Kier molecular flexibility index (Phi) is 3.02. The number of hydrogen-bond donors (Lipinski definition) is 1. The van der Waals surface area contributed by atoms with Gasteiger partial charge < -0.3 is 15.2 Å². The summed E-state index contributed by atoms with van der Waals surface area (Å²) >= 11 is 1.55. The van der Waals surface area contributed by atoms with Crippen LogP contribution < -0.4 is 5.73 Å². The summed E-state index contributed by atoms with van der Waals surface area (Å²) < 4.78 is 9.18. The van der Waals surface area contributed by atoms with Crippen LogP contribution in [0.15, 0.2) is 0 Å². The Hall–Kier alpha value is -0.420. The number of carbonyl (C=O) groups is 1. The molecule has 5 heteroatoms. The molecule has 0 saturated carbocycles. The standard InChI is InChI=1S/C6H11NO3S/c1-9-6(8)10-5-4(7)2-3-11-5/h4-5H,2-3,7H2,1H3. The summed E-state index contributed by atoms with van der Waals surface area (Å²) in [5.41, 5.74) is 5.41. The molecule has 4 nitrogen and oxygen atoms in total. The van der Waals surface area contributed by atoms with Crippen molar-refractivity contribution in [1.29, 1.82) is 0 Å². The second-order valence-electron chi connectivity index (χ2n) is 2.26. The second kappa shape index (κ2) is 3.82. The number of hydrogen-bond acceptors (Lipinski definition) is 5. The number of methoxy groups -OCH3 is 1. The SMILES string of the molecule is COC(=O)OC1SCCC1N. The van der Waals surface area contributed by atoms with E-state index in [1.54, 1.807) is 11.8 Å². The van der Waals surface area contributed by atoms with E-state index in [1.807, 2.05) is 0 Å². The predicted octanol–water partition coefficient (Wildman–Crippen LogP) is 0.560. The average Bonchev–Trinajstić information content (AvgIpc) is 2.37. The van der Waals surface area contributed by atoms with E-state index in [0.29, 0.717) is 0 Å². The van der Waals surface area contributed by atoms with Crippen molar-refractivity contribution < 1.29 is 14.3 Å². The predicted molar refractivity (Wildman–Crippen MR) is 42.3 cm³/mol. The molecule has 0 amide bonds. The van der Waals surface area contributed by atoms with Gasteiger partial charge in [0.05, 0.1) is 13.2 Å². The second-order valence-corrected chi connectivity index (χ2v) is 3.47. The monoisotopic (exact) mass is 177 g/mol.